The number of aromatic carboxylic acids is 1. The number of carbonyl (C=O) groups is 3. The molecule has 1 atom stereocenters. The van der Waals surface area contributed by atoms with Gasteiger partial charge in [-0.3, -0.25) is 4.79 Å². The molecule has 0 saturated heterocycles. The number of benzene rings is 1. The zero-order valence-electron chi connectivity index (χ0n) is 12.0. The Labute approximate surface area is 135 Å². The number of carboxylic acids is 1. The summed E-state index contributed by atoms with van der Waals surface area (Å²) in [7, 11) is 1.30. The van der Waals surface area contributed by atoms with Crippen LogP contribution in [0.2, 0.25) is 0 Å². The minimum Gasteiger partial charge on any atom is -0.476 e. The van der Waals surface area contributed by atoms with Crippen LogP contribution in [0, 0.1) is 0 Å². The Morgan fingerprint density at radius 1 is 1.35 bits per heavy atom. The third-order valence-electron chi connectivity index (χ3n) is 3.63. The fraction of sp³-hybridized carbons (Fsp3) is 0.200. The molecular formula is C15H12N2O5S. The van der Waals surface area contributed by atoms with Crippen molar-refractivity contribution in [3.8, 4) is 0 Å². The summed E-state index contributed by atoms with van der Waals surface area (Å²) in [4.78, 5) is 35.3. The molecule has 7 nitrogen and oxygen atoms in total. The molecule has 0 fully saturated rings. The van der Waals surface area contributed by atoms with Gasteiger partial charge in [-0.05, 0) is 29.2 Å². The second-order valence-electron chi connectivity index (χ2n) is 4.99. The quantitative estimate of drug-likeness (QED) is 0.834. The van der Waals surface area contributed by atoms with E-state index in [0.29, 0.717) is 10.4 Å². The largest absolute Gasteiger partial charge is 0.476 e. The molecule has 118 valence electrons. The van der Waals surface area contributed by atoms with E-state index in [4.69, 9.17) is 5.11 Å². The maximum Gasteiger partial charge on any atom is 0.357 e. The molecule has 3 rings (SSSR count). The molecule has 0 aliphatic carbocycles. The summed E-state index contributed by atoms with van der Waals surface area (Å²) in [6.07, 6.45) is 0.200. The molecule has 1 amide bonds. The number of aromatic nitrogens is 1. The predicted octanol–water partition coefficient (Wildman–Crippen LogP) is 2.10. The second-order valence-corrected chi connectivity index (χ2v) is 5.80. The molecule has 1 aliphatic heterocycles. The van der Waals surface area contributed by atoms with Crippen molar-refractivity contribution in [2.75, 3.05) is 12.4 Å². The van der Waals surface area contributed by atoms with Gasteiger partial charge in [-0.1, -0.05) is 12.1 Å². The number of carboxylic acid groups (broad SMARTS) is 1. The molecular weight excluding hydrogens is 320 g/mol. The number of carbonyl (C=O) groups excluding carboxylic acids is 2. The van der Waals surface area contributed by atoms with Crippen molar-refractivity contribution in [1.82, 2.24) is 4.37 Å². The normalized spacial score (nSPS) is 16.4. The summed E-state index contributed by atoms with van der Waals surface area (Å²) in [6.45, 7) is 0. The maximum atomic E-state index is 11.9. The van der Waals surface area contributed by atoms with Crippen molar-refractivity contribution in [2.24, 2.45) is 0 Å². The highest BCUT2D eigenvalue weighted by atomic mass is 32.1. The first-order valence-electron chi connectivity index (χ1n) is 6.72. The van der Waals surface area contributed by atoms with E-state index in [0.717, 1.165) is 17.1 Å². The Kier molecular flexibility index (Phi) is 3.83. The minimum atomic E-state index is -1.18. The molecule has 23 heavy (non-hydrogen) atoms. The Morgan fingerprint density at radius 3 is 2.65 bits per heavy atom. The molecule has 1 aliphatic rings. The Balaban J connectivity index is 2.00. The Bertz CT molecular complexity index is 797. The summed E-state index contributed by atoms with van der Waals surface area (Å²) in [5, 5.41) is 11.7. The number of rotatable bonds is 3. The molecule has 1 unspecified atom stereocenters. The monoisotopic (exact) mass is 332 g/mol. The highest BCUT2D eigenvalue weighted by Crippen LogP contribution is 2.41. The number of fused-ring (bicyclic) bond motifs is 1. The van der Waals surface area contributed by atoms with Gasteiger partial charge in [0.25, 0.3) is 0 Å². The van der Waals surface area contributed by atoms with Crippen molar-refractivity contribution >= 4 is 35.1 Å². The fourth-order valence-corrected chi connectivity index (χ4v) is 3.46. The minimum absolute atomic E-state index is 0.144. The zero-order chi connectivity index (χ0) is 16.6. The van der Waals surface area contributed by atoms with Crippen LogP contribution in [0.5, 0.6) is 0 Å². The highest BCUT2D eigenvalue weighted by Gasteiger charge is 2.33. The van der Waals surface area contributed by atoms with Crippen LogP contribution in [0.4, 0.5) is 5.69 Å². The van der Waals surface area contributed by atoms with Crippen molar-refractivity contribution in [3.63, 3.8) is 0 Å². The molecule has 1 aromatic carbocycles. The highest BCUT2D eigenvalue weighted by molar-refractivity contribution is 7.06. The van der Waals surface area contributed by atoms with Crippen molar-refractivity contribution in [3.05, 3.63) is 46.0 Å². The first-order valence-corrected chi connectivity index (χ1v) is 7.49. The molecule has 0 spiro atoms. The molecule has 2 heterocycles. The van der Waals surface area contributed by atoms with Crippen molar-refractivity contribution in [1.29, 1.82) is 0 Å². The summed E-state index contributed by atoms with van der Waals surface area (Å²) in [5.41, 5.74) is 1.34. The van der Waals surface area contributed by atoms with Gasteiger partial charge in [0.15, 0.2) is 5.69 Å². The van der Waals surface area contributed by atoms with Gasteiger partial charge in [0.05, 0.1) is 23.2 Å². The number of esters is 1. The molecule has 8 heteroatoms. The number of amides is 1. The first kappa shape index (κ1) is 15.2. The van der Waals surface area contributed by atoms with E-state index >= 15 is 0 Å². The van der Waals surface area contributed by atoms with Gasteiger partial charge in [0, 0.05) is 12.3 Å². The van der Waals surface area contributed by atoms with Gasteiger partial charge >= 0.3 is 11.9 Å². The lowest BCUT2D eigenvalue weighted by Crippen LogP contribution is -2.23. The van der Waals surface area contributed by atoms with Crippen molar-refractivity contribution < 1.29 is 24.2 Å². The molecule has 1 aromatic heterocycles. The molecule has 2 N–H and O–H groups in total. The van der Waals surface area contributed by atoms with E-state index in [1.54, 1.807) is 24.3 Å². The maximum absolute atomic E-state index is 11.9. The summed E-state index contributed by atoms with van der Waals surface area (Å²) >= 11 is 1.06. The topological polar surface area (TPSA) is 106 Å². The van der Waals surface area contributed by atoms with Crippen LogP contribution in [0.1, 0.15) is 43.6 Å². The van der Waals surface area contributed by atoms with Gasteiger partial charge in [0.2, 0.25) is 5.91 Å². The molecule has 2 aromatic rings. The Hall–Kier alpha value is -2.74. The van der Waals surface area contributed by atoms with Gasteiger partial charge in [-0.2, -0.15) is 4.37 Å². The van der Waals surface area contributed by atoms with Crippen molar-refractivity contribution in [2.45, 2.75) is 12.3 Å². The third-order valence-corrected chi connectivity index (χ3v) is 4.58. The van der Waals surface area contributed by atoms with Crippen LogP contribution in [0.3, 0.4) is 0 Å². The lowest BCUT2D eigenvalue weighted by molar-refractivity contribution is -0.116. The SMILES string of the molecule is COC(=O)c1ccc(C2CC(=O)Nc3c(C(=O)O)nsc32)cc1. The summed E-state index contributed by atoms with van der Waals surface area (Å²) < 4.78 is 8.57. The Morgan fingerprint density at radius 2 is 2.04 bits per heavy atom. The smallest absolute Gasteiger partial charge is 0.357 e. The zero-order valence-corrected chi connectivity index (χ0v) is 12.8. The summed E-state index contributed by atoms with van der Waals surface area (Å²) in [6, 6.07) is 6.71. The van der Waals surface area contributed by atoms with Gasteiger partial charge in [0.1, 0.15) is 0 Å². The average Bonchev–Trinajstić information content (AvgIpc) is 2.97. The average molecular weight is 332 g/mol. The number of hydrogen-bond acceptors (Lipinski definition) is 6. The molecule has 0 bridgehead atoms. The van der Waals surface area contributed by atoms with E-state index in [1.165, 1.54) is 7.11 Å². The van der Waals surface area contributed by atoms with Crippen LogP contribution < -0.4 is 5.32 Å². The number of methoxy groups -OCH3 is 1. The van der Waals surface area contributed by atoms with E-state index < -0.39 is 11.9 Å². The van der Waals surface area contributed by atoms with Gasteiger partial charge in [-0.25, -0.2) is 9.59 Å². The number of nitrogens with one attached hydrogen (secondary N) is 1. The van der Waals surface area contributed by atoms with Gasteiger partial charge in [-0.15, -0.1) is 0 Å². The number of hydrogen-bond donors (Lipinski definition) is 2. The standard InChI is InChI=1S/C15H12N2O5S/c1-22-15(21)8-4-2-7(3-5-8)9-6-10(18)16-11-12(14(19)20)17-23-13(9)11/h2-5,9H,6H2,1H3,(H,16,18)(H,19,20). The fourth-order valence-electron chi connectivity index (χ4n) is 2.51. The lowest BCUT2D eigenvalue weighted by Gasteiger charge is -2.22. The van der Waals surface area contributed by atoms with E-state index in [1.807, 2.05) is 0 Å². The van der Waals surface area contributed by atoms with Gasteiger partial charge < -0.3 is 15.2 Å². The number of anilines is 1. The van der Waals surface area contributed by atoms with Crippen LogP contribution in [0.15, 0.2) is 24.3 Å². The van der Waals surface area contributed by atoms with E-state index in [9.17, 15) is 14.4 Å². The summed E-state index contributed by atoms with van der Waals surface area (Å²) in [5.74, 6) is -2.16. The van der Waals surface area contributed by atoms with Crippen LogP contribution >= 0.6 is 11.5 Å². The second kappa shape index (κ2) is 5.81. The number of nitrogens with zero attached hydrogens (tertiary/aromatic N) is 1. The van der Waals surface area contributed by atoms with E-state index in [2.05, 4.69) is 14.4 Å². The predicted molar refractivity (Wildman–Crippen MR) is 81.9 cm³/mol. The molecule has 0 radical (unpaired) electrons. The number of ether oxygens (including phenoxy) is 1. The van der Waals surface area contributed by atoms with Crippen LogP contribution in [0.25, 0.3) is 0 Å². The van der Waals surface area contributed by atoms with Crippen LogP contribution in [-0.4, -0.2) is 34.4 Å². The molecule has 0 saturated carbocycles. The third kappa shape index (κ3) is 2.68. The van der Waals surface area contributed by atoms with Crippen LogP contribution in [-0.2, 0) is 9.53 Å². The first-order chi connectivity index (χ1) is 11.0. The van der Waals surface area contributed by atoms with E-state index in [-0.39, 0.29) is 29.6 Å². The lowest BCUT2D eigenvalue weighted by atomic mass is 9.89.